The van der Waals surface area contributed by atoms with Crippen LogP contribution in [-0.4, -0.2) is 22.1 Å². The van der Waals surface area contributed by atoms with Crippen molar-refractivity contribution in [1.29, 1.82) is 0 Å². The predicted octanol–water partition coefficient (Wildman–Crippen LogP) is 1.62. The van der Waals surface area contributed by atoms with E-state index in [0.717, 1.165) is 4.47 Å². The summed E-state index contributed by atoms with van der Waals surface area (Å²) in [4.78, 5) is 18.5. The van der Waals surface area contributed by atoms with Crippen LogP contribution in [0, 0.1) is 0 Å². The molecule has 0 saturated heterocycles. The van der Waals surface area contributed by atoms with E-state index < -0.39 is 0 Å². The van der Waals surface area contributed by atoms with Crippen LogP contribution in [0.15, 0.2) is 33.5 Å². The fourth-order valence-electron chi connectivity index (χ4n) is 1.63. The van der Waals surface area contributed by atoms with Crippen molar-refractivity contribution in [3.63, 3.8) is 0 Å². The van der Waals surface area contributed by atoms with Crippen LogP contribution in [0.4, 0.5) is 0 Å². The monoisotopic (exact) mass is 309 g/mol. The first-order valence-electron chi connectivity index (χ1n) is 5.34. The molecule has 6 heteroatoms. The number of halogens is 1. The number of benzene rings is 1. The maximum absolute atomic E-state index is 11.9. The van der Waals surface area contributed by atoms with E-state index in [0.29, 0.717) is 17.9 Å². The molecule has 0 spiro atoms. The largest absolute Gasteiger partial charge is 0.493 e. The molecule has 0 aliphatic rings. The minimum absolute atomic E-state index is 0.183. The first-order chi connectivity index (χ1) is 8.61. The Hall–Kier alpha value is -1.66. The third-order valence-electron chi connectivity index (χ3n) is 2.43. The van der Waals surface area contributed by atoms with E-state index in [4.69, 9.17) is 0 Å². The second-order valence-corrected chi connectivity index (χ2v) is 4.66. The fourth-order valence-corrected chi connectivity index (χ4v) is 1.90. The molecule has 3 N–H and O–H groups in total. The second-order valence-electron chi connectivity index (χ2n) is 3.75. The number of nitrogens with zero attached hydrogens (tertiary/aromatic N) is 1. The number of aromatic nitrogens is 2. The molecule has 2 rings (SSSR count). The van der Waals surface area contributed by atoms with Crippen LogP contribution < -0.4 is 10.9 Å². The Balaban J connectivity index is 2.52. The van der Waals surface area contributed by atoms with Gasteiger partial charge in [0.2, 0.25) is 5.88 Å². The summed E-state index contributed by atoms with van der Waals surface area (Å²) in [7, 11) is 1.74. The zero-order chi connectivity index (χ0) is 13.1. The Morgan fingerprint density at radius 3 is 2.61 bits per heavy atom. The van der Waals surface area contributed by atoms with Crippen LogP contribution in [0.5, 0.6) is 5.88 Å². The van der Waals surface area contributed by atoms with Crippen LogP contribution in [0.1, 0.15) is 5.82 Å². The first kappa shape index (κ1) is 12.8. The highest BCUT2D eigenvalue weighted by molar-refractivity contribution is 9.10. The first-order valence-corrected chi connectivity index (χ1v) is 6.14. The summed E-state index contributed by atoms with van der Waals surface area (Å²) in [6, 6.07) is 7.09. The molecule has 1 aromatic heterocycles. The lowest BCUT2D eigenvalue weighted by Crippen LogP contribution is -2.17. The zero-order valence-corrected chi connectivity index (χ0v) is 11.3. The van der Waals surface area contributed by atoms with Crippen LogP contribution in [0.3, 0.4) is 0 Å². The van der Waals surface area contributed by atoms with Crippen molar-refractivity contribution < 1.29 is 5.11 Å². The number of aromatic hydroxyl groups is 1. The molecular formula is C12H12BrN3O2. The van der Waals surface area contributed by atoms with Crippen molar-refractivity contribution in [1.82, 2.24) is 15.3 Å². The van der Waals surface area contributed by atoms with E-state index in [9.17, 15) is 9.90 Å². The van der Waals surface area contributed by atoms with Gasteiger partial charge in [0.25, 0.3) is 5.56 Å². The van der Waals surface area contributed by atoms with E-state index >= 15 is 0 Å². The number of nitrogens with one attached hydrogen (secondary N) is 2. The molecule has 18 heavy (non-hydrogen) atoms. The molecule has 0 amide bonds. The third kappa shape index (κ3) is 2.60. The second kappa shape index (κ2) is 5.32. The van der Waals surface area contributed by atoms with Gasteiger partial charge in [-0.2, -0.15) is 4.98 Å². The average Bonchev–Trinajstić information content (AvgIpc) is 2.31. The van der Waals surface area contributed by atoms with Crippen LogP contribution in [0.25, 0.3) is 11.1 Å². The Morgan fingerprint density at radius 1 is 1.39 bits per heavy atom. The van der Waals surface area contributed by atoms with Crippen molar-refractivity contribution in [3.05, 3.63) is 44.9 Å². The van der Waals surface area contributed by atoms with Crippen LogP contribution in [0.2, 0.25) is 0 Å². The van der Waals surface area contributed by atoms with E-state index in [2.05, 4.69) is 31.2 Å². The highest BCUT2D eigenvalue weighted by atomic mass is 79.9. The number of hydrogen-bond donors (Lipinski definition) is 3. The molecule has 0 saturated carbocycles. The molecule has 1 heterocycles. The van der Waals surface area contributed by atoms with E-state index in [1.165, 1.54) is 0 Å². The van der Waals surface area contributed by atoms with Gasteiger partial charge in [0.15, 0.2) is 0 Å². The summed E-state index contributed by atoms with van der Waals surface area (Å²) in [5, 5.41) is 12.7. The molecule has 0 aliphatic heterocycles. The Labute approximate surface area is 112 Å². The van der Waals surface area contributed by atoms with Crippen molar-refractivity contribution in [2.24, 2.45) is 0 Å². The smallest absolute Gasteiger partial charge is 0.262 e. The summed E-state index contributed by atoms with van der Waals surface area (Å²) in [6.07, 6.45) is 0. The van der Waals surface area contributed by atoms with Gasteiger partial charge in [0, 0.05) is 4.47 Å². The van der Waals surface area contributed by atoms with Gasteiger partial charge in [-0.05, 0) is 24.7 Å². The molecule has 94 valence electrons. The number of H-pyrrole nitrogens is 1. The average molecular weight is 310 g/mol. The molecule has 0 radical (unpaired) electrons. The zero-order valence-electron chi connectivity index (χ0n) is 9.70. The maximum Gasteiger partial charge on any atom is 0.262 e. The highest BCUT2D eigenvalue weighted by Crippen LogP contribution is 2.24. The van der Waals surface area contributed by atoms with Crippen LogP contribution >= 0.6 is 15.9 Å². The standard InChI is InChI=1S/C12H12BrN3O2/c1-14-6-9-15-11(17)10(12(18)16-9)7-2-4-8(13)5-3-7/h2-5,14H,6H2,1H3,(H2,15,16,17,18). The van der Waals surface area contributed by atoms with Gasteiger partial charge in [0.05, 0.1) is 6.54 Å². The van der Waals surface area contributed by atoms with Gasteiger partial charge in [-0.1, -0.05) is 28.1 Å². The Kier molecular flexibility index (Phi) is 3.78. The summed E-state index contributed by atoms with van der Waals surface area (Å²) in [6.45, 7) is 0.392. The number of aromatic amines is 1. The topological polar surface area (TPSA) is 78.0 Å². The minimum Gasteiger partial charge on any atom is -0.493 e. The molecular weight excluding hydrogens is 298 g/mol. The van der Waals surface area contributed by atoms with Crippen molar-refractivity contribution in [2.45, 2.75) is 6.54 Å². The van der Waals surface area contributed by atoms with E-state index in [-0.39, 0.29) is 17.0 Å². The molecule has 0 fully saturated rings. The van der Waals surface area contributed by atoms with Gasteiger partial charge in [0.1, 0.15) is 11.4 Å². The summed E-state index contributed by atoms with van der Waals surface area (Å²) < 4.78 is 0.905. The normalized spacial score (nSPS) is 10.6. The summed E-state index contributed by atoms with van der Waals surface area (Å²) >= 11 is 3.31. The molecule has 0 bridgehead atoms. The van der Waals surface area contributed by atoms with Crippen molar-refractivity contribution in [2.75, 3.05) is 7.05 Å². The molecule has 5 nitrogen and oxygen atoms in total. The molecule has 2 aromatic rings. The summed E-state index contributed by atoms with van der Waals surface area (Å²) in [5.41, 5.74) is 0.456. The lowest BCUT2D eigenvalue weighted by molar-refractivity contribution is 0.449. The number of rotatable bonds is 3. The molecule has 0 aliphatic carbocycles. The molecule has 0 unspecified atom stereocenters. The van der Waals surface area contributed by atoms with Crippen molar-refractivity contribution >= 4 is 15.9 Å². The van der Waals surface area contributed by atoms with Gasteiger partial charge >= 0.3 is 0 Å². The quantitative estimate of drug-likeness (QED) is 0.805. The number of hydrogen-bond acceptors (Lipinski definition) is 4. The Bertz CT molecular complexity index is 608. The highest BCUT2D eigenvalue weighted by Gasteiger charge is 2.12. The third-order valence-corrected chi connectivity index (χ3v) is 2.96. The SMILES string of the molecule is CNCc1nc(O)c(-c2ccc(Br)cc2)c(=O)[nH]1. The van der Waals surface area contributed by atoms with Gasteiger partial charge in [-0.25, -0.2) is 0 Å². The van der Waals surface area contributed by atoms with Gasteiger partial charge < -0.3 is 15.4 Å². The van der Waals surface area contributed by atoms with Gasteiger partial charge in [-0.3, -0.25) is 4.79 Å². The summed E-state index contributed by atoms with van der Waals surface area (Å²) in [5.74, 6) is 0.146. The van der Waals surface area contributed by atoms with Crippen LogP contribution in [-0.2, 0) is 6.54 Å². The van der Waals surface area contributed by atoms with Gasteiger partial charge in [-0.15, -0.1) is 0 Å². The lowest BCUT2D eigenvalue weighted by atomic mass is 10.1. The van der Waals surface area contributed by atoms with E-state index in [1.807, 2.05) is 0 Å². The molecule has 0 atom stereocenters. The van der Waals surface area contributed by atoms with E-state index in [1.54, 1.807) is 31.3 Å². The Morgan fingerprint density at radius 2 is 2.06 bits per heavy atom. The maximum atomic E-state index is 11.9. The predicted molar refractivity (Wildman–Crippen MR) is 72.4 cm³/mol. The fraction of sp³-hybridized carbons (Fsp3) is 0.167. The minimum atomic E-state index is -0.352. The van der Waals surface area contributed by atoms with Crippen molar-refractivity contribution in [3.8, 4) is 17.0 Å². The lowest BCUT2D eigenvalue weighted by Gasteiger charge is -2.06. The molecule has 1 aromatic carbocycles.